The number of nitrogens with zero attached hydrogens (tertiary/aromatic N) is 4. The molecule has 0 unspecified atom stereocenters. The molecule has 1 amide bonds. The summed E-state index contributed by atoms with van der Waals surface area (Å²) in [5.41, 5.74) is 1.80. The van der Waals surface area contributed by atoms with Crippen molar-refractivity contribution in [1.29, 1.82) is 0 Å². The summed E-state index contributed by atoms with van der Waals surface area (Å²) in [5.74, 6) is 0.856. The molecule has 1 atom stereocenters. The lowest BCUT2D eigenvalue weighted by Gasteiger charge is -2.26. The summed E-state index contributed by atoms with van der Waals surface area (Å²) >= 11 is 1.54. The molecule has 1 aliphatic heterocycles. The van der Waals surface area contributed by atoms with E-state index in [2.05, 4.69) is 20.3 Å². The molecule has 6 nitrogen and oxygen atoms in total. The number of aryl methyl sites for hydroxylation is 1. The maximum Gasteiger partial charge on any atom is 0.225 e. The van der Waals surface area contributed by atoms with E-state index in [1.807, 2.05) is 31.1 Å². The first-order valence-corrected chi connectivity index (χ1v) is 8.74. The van der Waals surface area contributed by atoms with Crippen molar-refractivity contribution in [3.05, 3.63) is 29.2 Å². The Morgan fingerprint density at radius 1 is 1.39 bits per heavy atom. The van der Waals surface area contributed by atoms with Gasteiger partial charge in [0.25, 0.3) is 0 Å². The summed E-state index contributed by atoms with van der Waals surface area (Å²) in [6.07, 6.45) is 5.26. The lowest BCUT2D eigenvalue weighted by atomic mass is 10.1. The maximum atomic E-state index is 12.4. The predicted molar refractivity (Wildman–Crippen MR) is 90.7 cm³/mol. The second-order valence-corrected chi connectivity index (χ2v) is 6.91. The van der Waals surface area contributed by atoms with Crippen molar-refractivity contribution in [3.8, 4) is 0 Å². The Morgan fingerprint density at radius 2 is 2.17 bits per heavy atom. The number of hydrogen-bond acceptors (Lipinski definition) is 6. The molecule has 7 heteroatoms. The van der Waals surface area contributed by atoms with Crippen molar-refractivity contribution in [3.63, 3.8) is 0 Å². The van der Waals surface area contributed by atoms with E-state index in [0.29, 0.717) is 5.82 Å². The molecule has 3 heterocycles. The van der Waals surface area contributed by atoms with E-state index in [1.165, 1.54) is 11.3 Å². The molecular weight excluding hydrogens is 310 g/mol. The molecule has 122 valence electrons. The van der Waals surface area contributed by atoms with Gasteiger partial charge in [0, 0.05) is 30.2 Å². The van der Waals surface area contributed by atoms with Crippen molar-refractivity contribution >= 4 is 28.2 Å². The zero-order chi connectivity index (χ0) is 16.4. The van der Waals surface area contributed by atoms with Gasteiger partial charge in [0.05, 0.1) is 11.7 Å². The van der Waals surface area contributed by atoms with E-state index in [0.717, 1.165) is 35.9 Å². The fraction of sp³-hybridized carbons (Fsp3) is 0.500. The summed E-state index contributed by atoms with van der Waals surface area (Å²) in [4.78, 5) is 27.7. The van der Waals surface area contributed by atoms with Crippen molar-refractivity contribution in [2.45, 2.75) is 39.7 Å². The largest absolute Gasteiger partial charge is 0.334 e. The van der Waals surface area contributed by atoms with Gasteiger partial charge >= 0.3 is 0 Å². The van der Waals surface area contributed by atoms with Gasteiger partial charge in [0.1, 0.15) is 5.69 Å². The minimum atomic E-state index is -0.0119. The summed E-state index contributed by atoms with van der Waals surface area (Å²) in [5, 5.41) is 6.04. The van der Waals surface area contributed by atoms with Gasteiger partial charge in [-0.3, -0.25) is 9.78 Å². The Hall–Kier alpha value is -2.02. The highest BCUT2D eigenvalue weighted by molar-refractivity contribution is 7.13. The number of hydrogen-bond donors (Lipinski definition) is 1. The molecular formula is C16H21N5OS. The number of carbonyl (C=O) groups excluding carboxylic acids is 1. The topological polar surface area (TPSA) is 71.0 Å². The first-order chi connectivity index (χ1) is 11.1. The monoisotopic (exact) mass is 331 g/mol. The number of carbonyl (C=O) groups is 1. The number of nitrogens with one attached hydrogen (secondary N) is 1. The molecule has 0 bridgehead atoms. The van der Waals surface area contributed by atoms with E-state index < -0.39 is 0 Å². The second-order valence-electron chi connectivity index (χ2n) is 6.05. The Morgan fingerprint density at radius 3 is 2.87 bits per heavy atom. The number of likely N-dealkylation sites (tertiary alicyclic amines) is 1. The van der Waals surface area contributed by atoms with Gasteiger partial charge < -0.3 is 10.2 Å². The molecule has 23 heavy (non-hydrogen) atoms. The standard InChI is InChI=1S/C16H21N5OS/c1-10(2)15(22)21-8-4-5-12(21)13-14(18-7-6-17-13)20-16-19-11(3)9-23-16/h6-7,9-10,12H,4-5,8H2,1-3H3,(H,18,19,20)/t12-/m0/s1. The smallest absolute Gasteiger partial charge is 0.225 e. The number of thiazole rings is 1. The van der Waals surface area contributed by atoms with E-state index in [4.69, 9.17) is 0 Å². The molecule has 0 aromatic carbocycles. The molecule has 3 rings (SSSR count). The van der Waals surface area contributed by atoms with Crippen molar-refractivity contribution in [2.75, 3.05) is 11.9 Å². The van der Waals surface area contributed by atoms with E-state index in [9.17, 15) is 4.79 Å². The van der Waals surface area contributed by atoms with Crippen molar-refractivity contribution in [2.24, 2.45) is 5.92 Å². The molecule has 0 saturated carbocycles. The summed E-state index contributed by atoms with van der Waals surface area (Å²) in [6.45, 7) is 6.62. The van der Waals surface area contributed by atoms with E-state index >= 15 is 0 Å². The Labute approximate surface area is 140 Å². The molecule has 0 radical (unpaired) electrons. The van der Waals surface area contributed by atoms with Crippen molar-refractivity contribution in [1.82, 2.24) is 19.9 Å². The number of anilines is 2. The van der Waals surface area contributed by atoms with Gasteiger partial charge in [0.2, 0.25) is 5.91 Å². The van der Waals surface area contributed by atoms with Gasteiger partial charge in [-0.25, -0.2) is 9.97 Å². The molecule has 0 spiro atoms. The third kappa shape index (κ3) is 3.34. The zero-order valence-corrected chi connectivity index (χ0v) is 14.4. The van der Waals surface area contributed by atoms with Gasteiger partial charge in [-0.2, -0.15) is 0 Å². The van der Waals surface area contributed by atoms with Gasteiger partial charge in [-0.15, -0.1) is 11.3 Å². The summed E-state index contributed by atoms with van der Waals surface area (Å²) in [7, 11) is 0. The zero-order valence-electron chi connectivity index (χ0n) is 13.6. The average Bonchev–Trinajstić information content (AvgIpc) is 3.16. The van der Waals surface area contributed by atoms with Crippen LogP contribution in [0.3, 0.4) is 0 Å². The highest BCUT2D eigenvalue weighted by atomic mass is 32.1. The van der Waals surface area contributed by atoms with Crippen LogP contribution < -0.4 is 5.32 Å². The lowest BCUT2D eigenvalue weighted by Crippen LogP contribution is -2.34. The third-order valence-corrected chi connectivity index (χ3v) is 4.79. The lowest BCUT2D eigenvalue weighted by molar-refractivity contribution is -0.135. The van der Waals surface area contributed by atoms with Crippen LogP contribution in [0.5, 0.6) is 0 Å². The van der Waals surface area contributed by atoms with Crippen LogP contribution in [-0.4, -0.2) is 32.3 Å². The van der Waals surface area contributed by atoms with Crippen LogP contribution in [0, 0.1) is 12.8 Å². The maximum absolute atomic E-state index is 12.4. The minimum absolute atomic E-state index is 0.00899. The molecule has 2 aromatic rings. The van der Waals surface area contributed by atoms with Crippen LogP contribution in [0.1, 0.15) is 44.1 Å². The van der Waals surface area contributed by atoms with Gasteiger partial charge in [-0.05, 0) is 19.8 Å². The van der Waals surface area contributed by atoms with E-state index in [1.54, 1.807) is 12.4 Å². The molecule has 1 saturated heterocycles. The molecule has 1 N–H and O–H groups in total. The van der Waals surface area contributed by atoms with E-state index in [-0.39, 0.29) is 17.9 Å². The Balaban J connectivity index is 1.88. The van der Waals surface area contributed by atoms with Gasteiger partial charge in [0.15, 0.2) is 10.9 Å². The summed E-state index contributed by atoms with van der Waals surface area (Å²) in [6, 6.07) is -0.0119. The quantitative estimate of drug-likeness (QED) is 0.930. The van der Waals surface area contributed by atoms with Crippen LogP contribution in [0.15, 0.2) is 17.8 Å². The predicted octanol–water partition coefficient (Wildman–Crippen LogP) is 3.30. The van der Waals surface area contributed by atoms with Gasteiger partial charge in [-0.1, -0.05) is 13.8 Å². The molecule has 0 aliphatic carbocycles. The fourth-order valence-electron chi connectivity index (χ4n) is 2.85. The SMILES string of the molecule is Cc1csc(Nc2nccnc2[C@@H]2CCCN2C(=O)C(C)C)n1. The normalized spacial score (nSPS) is 17.7. The van der Waals surface area contributed by atoms with Crippen molar-refractivity contribution < 1.29 is 4.79 Å². The third-order valence-electron chi connectivity index (χ3n) is 3.92. The second kappa shape index (κ2) is 6.62. The number of aromatic nitrogens is 3. The summed E-state index contributed by atoms with van der Waals surface area (Å²) < 4.78 is 0. The molecule has 1 fully saturated rings. The first-order valence-electron chi connectivity index (χ1n) is 7.87. The molecule has 1 aliphatic rings. The molecule has 2 aromatic heterocycles. The van der Waals surface area contributed by atoms with Crippen LogP contribution in [-0.2, 0) is 4.79 Å². The first kappa shape index (κ1) is 15.9. The highest BCUT2D eigenvalue weighted by Crippen LogP contribution is 2.35. The number of rotatable bonds is 4. The Bertz CT molecular complexity index is 699. The van der Waals surface area contributed by atoms with Crippen LogP contribution in [0.25, 0.3) is 0 Å². The van der Waals surface area contributed by atoms with Crippen LogP contribution >= 0.6 is 11.3 Å². The number of amides is 1. The Kier molecular flexibility index (Phi) is 4.56. The fourth-order valence-corrected chi connectivity index (χ4v) is 3.54. The minimum Gasteiger partial charge on any atom is -0.334 e. The average molecular weight is 331 g/mol. The van der Waals surface area contributed by atoms with Crippen LogP contribution in [0.4, 0.5) is 10.9 Å². The van der Waals surface area contributed by atoms with Crippen LogP contribution in [0.2, 0.25) is 0 Å². The highest BCUT2D eigenvalue weighted by Gasteiger charge is 2.33.